The number of rotatable bonds is 7. The van der Waals surface area contributed by atoms with Crippen LogP contribution in [-0.4, -0.2) is 36.9 Å². The van der Waals surface area contributed by atoms with Crippen LogP contribution in [0.5, 0.6) is 5.75 Å². The smallest absolute Gasteiger partial charge is 0.317 e. The molecule has 1 aromatic carbocycles. The summed E-state index contributed by atoms with van der Waals surface area (Å²) in [5, 5.41) is 3.05. The number of amides is 1. The zero-order valence-electron chi connectivity index (χ0n) is 16.0. The third-order valence-corrected chi connectivity index (χ3v) is 6.11. The van der Waals surface area contributed by atoms with Crippen LogP contribution in [0.15, 0.2) is 29.2 Å². The van der Waals surface area contributed by atoms with Gasteiger partial charge in [-0.1, -0.05) is 26.7 Å². The van der Waals surface area contributed by atoms with E-state index in [0.29, 0.717) is 11.8 Å². The molecule has 0 aromatic heterocycles. The van der Waals surface area contributed by atoms with E-state index >= 15 is 0 Å². The predicted octanol–water partition coefficient (Wildman–Crippen LogP) is 3.66. The summed E-state index contributed by atoms with van der Waals surface area (Å²) in [7, 11) is 1.61. The molecule has 1 saturated carbocycles. The molecule has 4 atom stereocenters. The van der Waals surface area contributed by atoms with Crippen molar-refractivity contribution < 1.29 is 19.1 Å². The minimum Gasteiger partial charge on any atom is -0.497 e. The minimum atomic E-state index is -0.775. The van der Waals surface area contributed by atoms with Gasteiger partial charge in [0, 0.05) is 10.9 Å². The van der Waals surface area contributed by atoms with Crippen molar-refractivity contribution in [3.63, 3.8) is 0 Å². The summed E-state index contributed by atoms with van der Waals surface area (Å²) in [6.07, 6.45) is 2.55. The predicted molar refractivity (Wildman–Crippen MR) is 103 cm³/mol. The summed E-state index contributed by atoms with van der Waals surface area (Å²) in [5.41, 5.74) is 0. The molecule has 1 aromatic rings. The van der Waals surface area contributed by atoms with E-state index in [4.69, 9.17) is 9.47 Å². The molecule has 1 N–H and O–H groups in total. The van der Waals surface area contributed by atoms with Gasteiger partial charge in [-0.25, -0.2) is 0 Å². The Bertz CT molecular complexity index is 604. The molecule has 144 valence electrons. The van der Waals surface area contributed by atoms with Gasteiger partial charge in [0.25, 0.3) is 5.91 Å². The Morgan fingerprint density at radius 2 is 1.92 bits per heavy atom. The number of carbonyl (C=O) groups is 2. The Kier molecular flexibility index (Phi) is 7.82. The van der Waals surface area contributed by atoms with Gasteiger partial charge >= 0.3 is 5.97 Å². The second-order valence-electron chi connectivity index (χ2n) is 6.98. The standard InChI is InChI=1S/C20H29NO4S/c1-13-6-5-7-18(14(13)2)21-20(23)15(3)25-19(22)12-26-17-10-8-16(24-4)9-11-17/h8-11,13-15,18H,5-7,12H2,1-4H3,(H,21,23)/t13-,14+,15+,18+/m0/s1. The highest BCUT2D eigenvalue weighted by molar-refractivity contribution is 8.00. The summed E-state index contributed by atoms with van der Waals surface area (Å²) >= 11 is 1.38. The highest BCUT2D eigenvalue weighted by atomic mass is 32.2. The van der Waals surface area contributed by atoms with Crippen molar-refractivity contribution in [1.29, 1.82) is 0 Å². The van der Waals surface area contributed by atoms with Crippen LogP contribution in [0.1, 0.15) is 40.0 Å². The highest BCUT2D eigenvalue weighted by Crippen LogP contribution is 2.29. The number of benzene rings is 1. The highest BCUT2D eigenvalue weighted by Gasteiger charge is 2.30. The Morgan fingerprint density at radius 3 is 2.58 bits per heavy atom. The molecule has 1 fully saturated rings. The first-order chi connectivity index (χ1) is 12.4. The number of methoxy groups -OCH3 is 1. The molecule has 1 aliphatic rings. The number of nitrogens with one attached hydrogen (secondary N) is 1. The average Bonchev–Trinajstić information content (AvgIpc) is 2.64. The molecule has 0 saturated heterocycles. The maximum Gasteiger partial charge on any atom is 0.317 e. The summed E-state index contributed by atoms with van der Waals surface area (Å²) in [6, 6.07) is 7.63. The molecule has 0 spiro atoms. The van der Waals surface area contributed by atoms with Crippen molar-refractivity contribution >= 4 is 23.6 Å². The van der Waals surface area contributed by atoms with Crippen molar-refractivity contribution in [2.45, 2.75) is 57.1 Å². The largest absolute Gasteiger partial charge is 0.497 e. The van der Waals surface area contributed by atoms with E-state index in [-0.39, 0.29) is 17.7 Å². The Hall–Kier alpha value is -1.69. The average molecular weight is 380 g/mol. The van der Waals surface area contributed by atoms with Gasteiger partial charge < -0.3 is 14.8 Å². The van der Waals surface area contributed by atoms with Crippen molar-refractivity contribution in [2.75, 3.05) is 12.9 Å². The second kappa shape index (κ2) is 9.86. The first-order valence-electron chi connectivity index (χ1n) is 9.17. The van der Waals surface area contributed by atoms with Gasteiger partial charge in [-0.15, -0.1) is 11.8 Å². The van der Waals surface area contributed by atoms with Gasteiger partial charge in [0.05, 0.1) is 12.9 Å². The molecule has 1 aliphatic carbocycles. The number of esters is 1. The molecule has 5 nitrogen and oxygen atoms in total. The van der Waals surface area contributed by atoms with Gasteiger partial charge in [0.1, 0.15) is 5.75 Å². The third-order valence-electron chi connectivity index (χ3n) is 5.13. The van der Waals surface area contributed by atoms with Crippen molar-refractivity contribution in [1.82, 2.24) is 5.32 Å². The summed E-state index contributed by atoms with van der Waals surface area (Å²) in [5.74, 6) is 1.39. The zero-order chi connectivity index (χ0) is 19.1. The van der Waals surface area contributed by atoms with Crippen LogP contribution in [0.25, 0.3) is 0 Å². The van der Waals surface area contributed by atoms with Gasteiger partial charge in [-0.3, -0.25) is 9.59 Å². The summed E-state index contributed by atoms with van der Waals surface area (Å²) < 4.78 is 10.4. The van der Waals surface area contributed by atoms with Gasteiger partial charge in [0.15, 0.2) is 6.10 Å². The molecule has 1 amide bonds. The summed E-state index contributed by atoms with van der Waals surface area (Å²) in [6.45, 7) is 6.03. The van der Waals surface area contributed by atoms with Crippen LogP contribution in [0, 0.1) is 11.8 Å². The maximum absolute atomic E-state index is 12.3. The molecule has 0 radical (unpaired) electrons. The monoisotopic (exact) mass is 379 g/mol. The quantitative estimate of drug-likeness (QED) is 0.579. The number of hydrogen-bond acceptors (Lipinski definition) is 5. The van der Waals surface area contributed by atoms with Gasteiger partial charge in [0.2, 0.25) is 0 Å². The Labute approximate surface area is 160 Å². The maximum atomic E-state index is 12.3. The van der Waals surface area contributed by atoms with Gasteiger partial charge in [-0.05, 0) is 49.4 Å². The number of hydrogen-bond donors (Lipinski definition) is 1. The van der Waals surface area contributed by atoms with Crippen LogP contribution in [0.4, 0.5) is 0 Å². The lowest BCUT2D eigenvalue weighted by atomic mass is 9.78. The number of thioether (sulfide) groups is 1. The van der Waals surface area contributed by atoms with E-state index in [1.54, 1.807) is 14.0 Å². The minimum absolute atomic E-state index is 0.167. The number of carbonyl (C=O) groups excluding carboxylic acids is 2. The van der Waals surface area contributed by atoms with E-state index in [0.717, 1.165) is 23.5 Å². The van der Waals surface area contributed by atoms with Crippen LogP contribution in [0.2, 0.25) is 0 Å². The van der Waals surface area contributed by atoms with Crippen molar-refractivity contribution in [3.05, 3.63) is 24.3 Å². The van der Waals surface area contributed by atoms with Crippen LogP contribution >= 0.6 is 11.8 Å². The molecule has 0 aliphatic heterocycles. The van der Waals surface area contributed by atoms with E-state index < -0.39 is 12.1 Å². The van der Waals surface area contributed by atoms with E-state index in [2.05, 4.69) is 19.2 Å². The second-order valence-corrected chi connectivity index (χ2v) is 8.03. The fourth-order valence-electron chi connectivity index (χ4n) is 3.18. The fourth-order valence-corrected chi connectivity index (χ4v) is 3.87. The van der Waals surface area contributed by atoms with E-state index in [1.807, 2.05) is 24.3 Å². The Balaban J connectivity index is 1.75. The normalized spacial score (nSPS) is 23.8. The Morgan fingerprint density at radius 1 is 1.23 bits per heavy atom. The molecule has 0 heterocycles. The van der Waals surface area contributed by atoms with Crippen LogP contribution < -0.4 is 10.1 Å². The first kappa shape index (κ1) is 20.6. The summed E-state index contributed by atoms with van der Waals surface area (Å²) in [4.78, 5) is 25.3. The molecular formula is C20H29NO4S. The lowest BCUT2D eigenvalue weighted by molar-refractivity contribution is -0.152. The molecule has 26 heavy (non-hydrogen) atoms. The van der Waals surface area contributed by atoms with E-state index in [1.165, 1.54) is 18.2 Å². The molecule has 6 heteroatoms. The van der Waals surface area contributed by atoms with E-state index in [9.17, 15) is 9.59 Å². The molecule has 0 bridgehead atoms. The lowest BCUT2D eigenvalue weighted by Gasteiger charge is -2.35. The third kappa shape index (κ3) is 5.94. The molecular weight excluding hydrogens is 350 g/mol. The van der Waals surface area contributed by atoms with Crippen molar-refractivity contribution in [2.24, 2.45) is 11.8 Å². The van der Waals surface area contributed by atoms with Gasteiger partial charge in [-0.2, -0.15) is 0 Å². The zero-order valence-corrected chi connectivity index (χ0v) is 16.8. The van der Waals surface area contributed by atoms with Crippen LogP contribution in [0.3, 0.4) is 0 Å². The molecule has 0 unspecified atom stereocenters. The topological polar surface area (TPSA) is 64.6 Å². The fraction of sp³-hybridized carbons (Fsp3) is 0.600. The first-order valence-corrected chi connectivity index (χ1v) is 10.2. The lowest BCUT2D eigenvalue weighted by Crippen LogP contribution is -2.47. The number of ether oxygens (including phenoxy) is 2. The SMILES string of the molecule is COc1ccc(SCC(=O)O[C@H](C)C(=O)N[C@@H]2CCC[C@H](C)[C@H]2C)cc1. The van der Waals surface area contributed by atoms with Crippen LogP contribution in [-0.2, 0) is 14.3 Å². The van der Waals surface area contributed by atoms with Crippen molar-refractivity contribution in [3.8, 4) is 5.75 Å². The molecule has 2 rings (SSSR count).